The highest BCUT2D eigenvalue weighted by molar-refractivity contribution is 7.99. The molecule has 1 heterocycles. The predicted octanol–water partition coefficient (Wildman–Crippen LogP) is 6.98. The van der Waals surface area contributed by atoms with Gasteiger partial charge in [0.1, 0.15) is 16.3 Å². The summed E-state index contributed by atoms with van der Waals surface area (Å²) in [5.74, 6) is 0.846. The summed E-state index contributed by atoms with van der Waals surface area (Å²) in [5, 5.41) is -0.133. The van der Waals surface area contributed by atoms with Gasteiger partial charge in [0.05, 0.1) is 12.3 Å². The van der Waals surface area contributed by atoms with Gasteiger partial charge in [0.2, 0.25) is 5.95 Å². The number of unbranched alkanes of at least 4 members (excludes halogenated alkanes) is 1. The lowest BCUT2D eigenvalue weighted by Crippen LogP contribution is -2.21. The molecule has 2 aromatic carbocycles. The van der Waals surface area contributed by atoms with Crippen LogP contribution in [0.2, 0.25) is 0 Å². The van der Waals surface area contributed by atoms with Crippen LogP contribution in [0, 0.1) is 0 Å². The molecule has 1 aromatic heterocycles. The summed E-state index contributed by atoms with van der Waals surface area (Å²) >= 11 is 0.970. The van der Waals surface area contributed by atoms with Crippen molar-refractivity contribution in [3.63, 3.8) is 0 Å². The maximum absolute atomic E-state index is 13.6. The molecule has 0 spiro atoms. The summed E-state index contributed by atoms with van der Waals surface area (Å²) in [6, 6.07) is 16.3. The fourth-order valence-corrected chi connectivity index (χ4v) is 3.83. The second kappa shape index (κ2) is 10.5. The van der Waals surface area contributed by atoms with Crippen molar-refractivity contribution in [3.8, 4) is 5.75 Å². The zero-order valence-electron chi connectivity index (χ0n) is 17.4. The third kappa shape index (κ3) is 5.91. The Kier molecular flexibility index (Phi) is 7.79. The Bertz CT molecular complexity index is 983. The lowest BCUT2D eigenvalue weighted by Gasteiger charge is -2.24. The van der Waals surface area contributed by atoms with E-state index in [0.717, 1.165) is 36.5 Å². The summed E-state index contributed by atoms with van der Waals surface area (Å²) in [5.41, 5.74) is -0.134. The molecule has 0 atom stereocenters. The van der Waals surface area contributed by atoms with E-state index in [4.69, 9.17) is 4.74 Å². The molecule has 0 aliphatic carbocycles. The Balaban J connectivity index is 2.00. The van der Waals surface area contributed by atoms with Crippen molar-refractivity contribution in [2.24, 2.45) is 0 Å². The number of nitrogens with zero attached hydrogens (tertiary/aromatic N) is 3. The smallest absolute Gasteiger partial charge is 0.420 e. The highest BCUT2D eigenvalue weighted by Crippen LogP contribution is 2.40. The van der Waals surface area contributed by atoms with Crippen LogP contribution < -0.4 is 9.64 Å². The average molecular weight is 448 g/mol. The molecule has 0 bridgehead atoms. The van der Waals surface area contributed by atoms with Crippen LogP contribution in [0.25, 0.3) is 0 Å². The Hall–Kier alpha value is -2.74. The van der Waals surface area contributed by atoms with E-state index in [2.05, 4.69) is 16.9 Å². The molecule has 3 rings (SSSR count). The van der Waals surface area contributed by atoms with Gasteiger partial charge >= 0.3 is 6.18 Å². The van der Waals surface area contributed by atoms with Gasteiger partial charge in [-0.3, -0.25) is 0 Å². The molecule has 0 unspecified atom stereocenters. The van der Waals surface area contributed by atoms with Crippen LogP contribution in [-0.2, 0) is 6.18 Å². The molecule has 8 heteroatoms. The van der Waals surface area contributed by atoms with E-state index < -0.39 is 11.7 Å². The third-order valence-corrected chi connectivity index (χ3v) is 5.49. The lowest BCUT2D eigenvalue weighted by atomic mass is 10.2. The second-order valence-corrected chi connectivity index (χ2v) is 7.78. The number of hydrogen-bond acceptors (Lipinski definition) is 5. The molecule has 0 saturated carbocycles. The van der Waals surface area contributed by atoms with E-state index >= 15 is 0 Å². The van der Waals surface area contributed by atoms with E-state index in [1.54, 1.807) is 29.2 Å². The SMILES string of the molecule is CCCCOc1ccccc1N(CC)c1ncc(C(F)(F)F)c(Sc2ccccc2)n1. The minimum atomic E-state index is -4.55. The van der Waals surface area contributed by atoms with Crippen LogP contribution in [0.15, 0.2) is 70.7 Å². The Morgan fingerprint density at radius 3 is 2.39 bits per heavy atom. The van der Waals surface area contributed by atoms with Crippen LogP contribution in [0.5, 0.6) is 5.75 Å². The fraction of sp³-hybridized carbons (Fsp3) is 0.304. The molecule has 4 nitrogen and oxygen atoms in total. The van der Waals surface area contributed by atoms with Crippen molar-refractivity contribution < 1.29 is 17.9 Å². The predicted molar refractivity (Wildman–Crippen MR) is 117 cm³/mol. The average Bonchev–Trinajstić information content (AvgIpc) is 2.75. The van der Waals surface area contributed by atoms with Gasteiger partial charge in [0.15, 0.2) is 0 Å². The molecule has 0 aliphatic heterocycles. The molecule has 0 radical (unpaired) electrons. The number of halogens is 3. The Morgan fingerprint density at radius 1 is 1.00 bits per heavy atom. The van der Waals surface area contributed by atoms with Crippen molar-refractivity contribution >= 4 is 23.4 Å². The molecule has 0 N–H and O–H groups in total. The molecule has 31 heavy (non-hydrogen) atoms. The molecule has 0 amide bonds. The van der Waals surface area contributed by atoms with Crippen molar-refractivity contribution in [2.45, 2.75) is 42.8 Å². The van der Waals surface area contributed by atoms with E-state index in [1.807, 2.05) is 37.3 Å². The molecule has 0 aliphatic rings. The molecular weight excluding hydrogens is 423 g/mol. The highest BCUT2D eigenvalue weighted by atomic mass is 32.2. The van der Waals surface area contributed by atoms with Gasteiger partial charge in [-0.2, -0.15) is 13.2 Å². The van der Waals surface area contributed by atoms with Gasteiger partial charge in [-0.1, -0.05) is 55.4 Å². The number of para-hydroxylation sites is 2. The molecule has 3 aromatic rings. The van der Waals surface area contributed by atoms with E-state index in [1.165, 1.54) is 0 Å². The zero-order chi connectivity index (χ0) is 22.3. The second-order valence-electron chi connectivity index (χ2n) is 6.72. The van der Waals surface area contributed by atoms with Crippen LogP contribution in [-0.4, -0.2) is 23.1 Å². The summed E-state index contributed by atoms with van der Waals surface area (Å²) in [6.45, 7) is 5.01. The maximum atomic E-state index is 13.6. The largest absolute Gasteiger partial charge is 0.491 e. The number of hydrogen-bond donors (Lipinski definition) is 0. The Labute approximate surface area is 184 Å². The first-order chi connectivity index (χ1) is 14.9. The summed E-state index contributed by atoms with van der Waals surface area (Å²) in [4.78, 5) is 10.8. The molecule has 164 valence electrons. The maximum Gasteiger partial charge on any atom is 0.420 e. The minimum Gasteiger partial charge on any atom is -0.491 e. The molecule has 0 saturated heterocycles. The summed E-state index contributed by atoms with van der Waals surface area (Å²) < 4.78 is 46.7. The highest BCUT2D eigenvalue weighted by Gasteiger charge is 2.36. The van der Waals surface area contributed by atoms with Crippen molar-refractivity contribution in [1.82, 2.24) is 9.97 Å². The van der Waals surface area contributed by atoms with Gasteiger partial charge in [0.25, 0.3) is 0 Å². The van der Waals surface area contributed by atoms with Crippen molar-refractivity contribution in [1.29, 1.82) is 0 Å². The number of rotatable bonds is 9. The van der Waals surface area contributed by atoms with Crippen molar-refractivity contribution in [2.75, 3.05) is 18.1 Å². The van der Waals surface area contributed by atoms with Gasteiger partial charge in [-0.15, -0.1) is 0 Å². The Morgan fingerprint density at radius 2 is 1.71 bits per heavy atom. The van der Waals surface area contributed by atoms with Crippen LogP contribution >= 0.6 is 11.8 Å². The minimum absolute atomic E-state index is 0.133. The topological polar surface area (TPSA) is 38.2 Å². The molecular formula is C23H24F3N3OS. The normalized spacial score (nSPS) is 11.4. The number of benzene rings is 2. The standard InChI is InChI=1S/C23H24F3N3OS/c1-3-5-15-30-20-14-10-9-13-19(20)29(4-2)22-27-16-18(23(24,25)26)21(28-22)31-17-11-7-6-8-12-17/h6-14,16H,3-5,15H2,1-2H3. The quantitative estimate of drug-likeness (QED) is 0.261. The van der Waals surface area contributed by atoms with E-state index in [-0.39, 0.29) is 11.0 Å². The first-order valence-corrected chi connectivity index (χ1v) is 10.9. The van der Waals surface area contributed by atoms with E-state index in [9.17, 15) is 13.2 Å². The van der Waals surface area contributed by atoms with Gasteiger partial charge < -0.3 is 9.64 Å². The molecule has 0 fully saturated rings. The van der Waals surface area contributed by atoms with Crippen LogP contribution in [0.1, 0.15) is 32.3 Å². The van der Waals surface area contributed by atoms with Crippen LogP contribution in [0.3, 0.4) is 0 Å². The number of alkyl halides is 3. The van der Waals surface area contributed by atoms with Gasteiger partial charge in [-0.05, 0) is 37.6 Å². The lowest BCUT2D eigenvalue weighted by molar-refractivity contribution is -0.140. The zero-order valence-corrected chi connectivity index (χ0v) is 18.2. The third-order valence-electron chi connectivity index (χ3n) is 4.47. The summed E-state index contributed by atoms with van der Waals surface area (Å²) in [6.07, 6.45) is -1.78. The number of aromatic nitrogens is 2. The summed E-state index contributed by atoms with van der Waals surface area (Å²) in [7, 11) is 0. The first-order valence-electron chi connectivity index (χ1n) is 10.1. The number of ether oxygens (including phenoxy) is 1. The first kappa shape index (κ1) is 22.9. The van der Waals surface area contributed by atoms with Crippen molar-refractivity contribution in [3.05, 3.63) is 66.4 Å². The van der Waals surface area contributed by atoms with E-state index in [0.29, 0.717) is 23.8 Å². The fourth-order valence-electron chi connectivity index (χ4n) is 2.91. The van der Waals surface area contributed by atoms with Gasteiger partial charge in [-0.25, -0.2) is 9.97 Å². The monoisotopic (exact) mass is 447 g/mol. The van der Waals surface area contributed by atoms with Crippen LogP contribution in [0.4, 0.5) is 24.8 Å². The number of anilines is 2. The van der Waals surface area contributed by atoms with Gasteiger partial charge in [0, 0.05) is 17.6 Å².